The Hall–Kier alpha value is -0.770. The van der Waals surface area contributed by atoms with Gasteiger partial charge in [-0.1, -0.05) is 0 Å². The fourth-order valence-electron chi connectivity index (χ4n) is 1.28. The zero-order valence-corrected chi connectivity index (χ0v) is 7.62. The number of nitrogens with zero attached hydrogens (tertiary/aromatic N) is 1. The van der Waals surface area contributed by atoms with Crippen LogP contribution in [0.15, 0.2) is 0 Å². The van der Waals surface area contributed by atoms with E-state index in [4.69, 9.17) is 10.5 Å². The molecule has 1 aliphatic heterocycles. The summed E-state index contributed by atoms with van der Waals surface area (Å²) in [6.45, 7) is 5.14. The van der Waals surface area contributed by atoms with Crippen LogP contribution in [0, 0.1) is 0 Å². The summed E-state index contributed by atoms with van der Waals surface area (Å²) in [4.78, 5) is 13.0. The molecule has 0 aliphatic carbocycles. The number of nitrogens with two attached hydrogens (primary N) is 1. The van der Waals surface area contributed by atoms with Crippen LogP contribution in [0.3, 0.4) is 0 Å². The third-order valence-corrected chi connectivity index (χ3v) is 2.08. The Morgan fingerprint density at radius 3 is 2.83 bits per heavy atom. The minimum atomic E-state index is -0.230. The molecule has 0 radical (unpaired) electrons. The van der Waals surface area contributed by atoms with Crippen molar-refractivity contribution in [2.75, 3.05) is 13.1 Å². The fourth-order valence-corrected chi connectivity index (χ4v) is 1.28. The van der Waals surface area contributed by atoms with Crippen LogP contribution in [0.25, 0.3) is 0 Å². The van der Waals surface area contributed by atoms with Crippen LogP contribution in [0.5, 0.6) is 0 Å². The average Bonchev–Trinajstić information content (AvgIpc) is 2.03. The predicted molar refractivity (Wildman–Crippen MR) is 45.8 cm³/mol. The summed E-state index contributed by atoms with van der Waals surface area (Å²) < 4.78 is 5.07. The molecule has 1 heterocycles. The quantitative estimate of drug-likeness (QED) is 0.662. The molecule has 1 saturated heterocycles. The fraction of sp³-hybridized carbons (Fsp3) is 0.875. The Kier molecular flexibility index (Phi) is 2.92. The summed E-state index contributed by atoms with van der Waals surface area (Å²) in [6, 6.07) is 0.219. The minimum Gasteiger partial charge on any atom is -0.445 e. The maximum atomic E-state index is 11.3. The van der Waals surface area contributed by atoms with Gasteiger partial charge in [-0.25, -0.2) is 4.79 Å². The van der Waals surface area contributed by atoms with Crippen LogP contribution in [0.2, 0.25) is 0 Å². The van der Waals surface area contributed by atoms with E-state index in [0.717, 1.165) is 13.0 Å². The third-order valence-electron chi connectivity index (χ3n) is 2.08. The van der Waals surface area contributed by atoms with Gasteiger partial charge in [0.2, 0.25) is 0 Å². The topological polar surface area (TPSA) is 55.6 Å². The largest absolute Gasteiger partial charge is 0.445 e. The van der Waals surface area contributed by atoms with Gasteiger partial charge in [0.25, 0.3) is 0 Å². The Labute approximate surface area is 72.7 Å². The van der Waals surface area contributed by atoms with E-state index in [-0.39, 0.29) is 18.2 Å². The van der Waals surface area contributed by atoms with Gasteiger partial charge < -0.3 is 15.4 Å². The first-order chi connectivity index (χ1) is 5.65. The maximum Gasteiger partial charge on any atom is 0.410 e. The summed E-state index contributed by atoms with van der Waals surface area (Å²) >= 11 is 0. The van der Waals surface area contributed by atoms with Crippen molar-refractivity contribution >= 4 is 6.09 Å². The molecule has 1 rings (SSSR count). The standard InChI is InChI=1S/C8H16N2O2/c1-6(2)10-4-3-7(5-9)12-8(10)11/h6-7H,3-5,9H2,1-2H3. The molecule has 1 atom stereocenters. The first-order valence-electron chi connectivity index (χ1n) is 4.32. The Bertz CT molecular complexity index is 170. The molecule has 1 fully saturated rings. The van der Waals surface area contributed by atoms with E-state index in [0.29, 0.717) is 6.54 Å². The van der Waals surface area contributed by atoms with E-state index < -0.39 is 0 Å². The van der Waals surface area contributed by atoms with Crippen molar-refractivity contribution in [1.29, 1.82) is 0 Å². The Balaban J connectivity index is 2.48. The average molecular weight is 172 g/mol. The SMILES string of the molecule is CC(C)N1CCC(CN)OC1=O. The lowest BCUT2D eigenvalue weighted by atomic mass is 10.2. The molecular formula is C8H16N2O2. The molecule has 0 aromatic heterocycles. The minimum absolute atomic E-state index is 0.0764. The molecule has 0 aromatic rings. The van der Waals surface area contributed by atoms with E-state index in [1.807, 2.05) is 13.8 Å². The Morgan fingerprint density at radius 2 is 2.42 bits per heavy atom. The van der Waals surface area contributed by atoms with E-state index in [1.165, 1.54) is 0 Å². The summed E-state index contributed by atoms with van der Waals surface area (Å²) in [6.07, 6.45) is 0.541. The van der Waals surface area contributed by atoms with E-state index in [9.17, 15) is 4.79 Å². The lowest BCUT2D eigenvalue weighted by Gasteiger charge is -2.33. The zero-order chi connectivity index (χ0) is 9.14. The van der Waals surface area contributed by atoms with Crippen LogP contribution in [0.4, 0.5) is 4.79 Å². The van der Waals surface area contributed by atoms with Gasteiger partial charge in [0.1, 0.15) is 6.10 Å². The zero-order valence-electron chi connectivity index (χ0n) is 7.62. The number of carbonyl (C=O) groups excluding carboxylic acids is 1. The lowest BCUT2D eigenvalue weighted by Crippen LogP contribution is -2.47. The van der Waals surface area contributed by atoms with Gasteiger partial charge in [0, 0.05) is 25.6 Å². The first-order valence-corrected chi connectivity index (χ1v) is 4.32. The molecule has 1 aliphatic rings. The van der Waals surface area contributed by atoms with Crippen LogP contribution >= 0.6 is 0 Å². The van der Waals surface area contributed by atoms with Gasteiger partial charge in [-0.15, -0.1) is 0 Å². The van der Waals surface area contributed by atoms with Gasteiger partial charge in [-0.3, -0.25) is 0 Å². The molecular weight excluding hydrogens is 156 g/mol. The summed E-state index contributed by atoms with van der Waals surface area (Å²) in [5, 5.41) is 0. The molecule has 4 heteroatoms. The van der Waals surface area contributed by atoms with Crippen LogP contribution in [-0.2, 0) is 4.74 Å². The van der Waals surface area contributed by atoms with E-state index in [2.05, 4.69) is 0 Å². The molecule has 12 heavy (non-hydrogen) atoms. The highest BCUT2D eigenvalue weighted by molar-refractivity contribution is 5.68. The number of ether oxygens (including phenoxy) is 1. The third kappa shape index (κ3) is 1.88. The molecule has 0 bridgehead atoms. The maximum absolute atomic E-state index is 11.3. The Morgan fingerprint density at radius 1 is 1.75 bits per heavy atom. The van der Waals surface area contributed by atoms with Crippen molar-refractivity contribution in [2.45, 2.75) is 32.4 Å². The van der Waals surface area contributed by atoms with Crippen molar-refractivity contribution in [3.05, 3.63) is 0 Å². The summed E-state index contributed by atoms with van der Waals surface area (Å²) in [5.41, 5.74) is 5.39. The number of rotatable bonds is 2. The molecule has 2 N–H and O–H groups in total. The van der Waals surface area contributed by atoms with Gasteiger partial charge in [-0.05, 0) is 13.8 Å². The lowest BCUT2D eigenvalue weighted by molar-refractivity contribution is 0.0197. The molecule has 1 unspecified atom stereocenters. The van der Waals surface area contributed by atoms with Gasteiger partial charge >= 0.3 is 6.09 Å². The molecule has 0 spiro atoms. The van der Waals surface area contributed by atoms with Crippen LogP contribution in [-0.4, -0.2) is 36.2 Å². The van der Waals surface area contributed by atoms with Crippen molar-refractivity contribution in [2.24, 2.45) is 5.73 Å². The van der Waals surface area contributed by atoms with E-state index in [1.54, 1.807) is 4.90 Å². The number of hydrogen-bond acceptors (Lipinski definition) is 3. The summed E-state index contributed by atoms with van der Waals surface area (Å²) in [5.74, 6) is 0. The van der Waals surface area contributed by atoms with Crippen LogP contribution in [0.1, 0.15) is 20.3 Å². The second-order valence-corrected chi connectivity index (χ2v) is 3.32. The molecule has 1 amide bonds. The molecule has 0 aromatic carbocycles. The van der Waals surface area contributed by atoms with Crippen molar-refractivity contribution in [3.8, 4) is 0 Å². The van der Waals surface area contributed by atoms with Gasteiger partial charge in [-0.2, -0.15) is 0 Å². The number of carbonyl (C=O) groups is 1. The number of amides is 1. The monoisotopic (exact) mass is 172 g/mol. The number of cyclic esters (lactones) is 1. The van der Waals surface area contributed by atoms with E-state index >= 15 is 0 Å². The molecule has 70 valence electrons. The van der Waals surface area contributed by atoms with Gasteiger partial charge in [0.15, 0.2) is 0 Å². The van der Waals surface area contributed by atoms with Crippen molar-refractivity contribution in [1.82, 2.24) is 4.90 Å². The predicted octanol–water partition coefficient (Wildman–Crippen LogP) is 0.564. The highest BCUT2D eigenvalue weighted by Crippen LogP contribution is 2.13. The van der Waals surface area contributed by atoms with Crippen molar-refractivity contribution in [3.63, 3.8) is 0 Å². The summed E-state index contributed by atoms with van der Waals surface area (Å²) in [7, 11) is 0. The van der Waals surface area contributed by atoms with Crippen LogP contribution < -0.4 is 5.73 Å². The highest BCUT2D eigenvalue weighted by Gasteiger charge is 2.27. The smallest absolute Gasteiger partial charge is 0.410 e. The number of hydrogen-bond donors (Lipinski definition) is 1. The second-order valence-electron chi connectivity index (χ2n) is 3.32. The molecule has 0 saturated carbocycles. The normalized spacial score (nSPS) is 24.5. The molecule has 4 nitrogen and oxygen atoms in total. The second kappa shape index (κ2) is 3.76. The highest BCUT2D eigenvalue weighted by atomic mass is 16.6. The first kappa shape index (κ1) is 9.32. The van der Waals surface area contributed by atoms with Crippen molar-refractivity contribution < 1.29 is 9.53 Å². The van der Waals surface area contributed by atoms with Gasteiger partial charge in [0.05, 0.1) is 0 Å².